The van der Waals surface area contributed by atoms with Crippen LogP contribution in [0.4, 0.5) is 0 Å². The highest BCUT2D eigenvalue weighted by atomic mass is 16.5. The van der Waals surface area contributed by atoms with Crippen LogP contribution < -0.4 is 9.47 Å². The Hall–Kier alpha value is -3.16. The molecule has 4 rings (SSSR count). The fourth-order valence-corrected chi connectivity index (χ4v) is 5.59. The van der Waals surface area contributed by atoms with Gasteiger partial charge in [0.25, 0.3) is 0 Å². The quantitative estimate of drug-likeness (QED) is 0.353. The molecular weight excluding hydrogens is 468 g/mol. The maximum atomic E-state index is 11.6. The molecule has 3 atom stereocenters. The van der Waals surface area contributed by atoms with E-state index in [-0.39, 0.29) is 18.3 Å². The van der Waals surface area contributed by atoms with Crippen LogP contribution in [0.2, 0.25) is 0 Å². The molecule has 198 valence electrons. The number of carbonyl (C=O) groups is 1. The molecule has 3 aromatic rings. The highest BCUT2D eigenvalue weighted by Gasteiger charge is 2.31. The van der Waals surface area contributed by atoms with Crippen LogP contribution in [0.15, 0.2) is 54.7 Å². The Morgan fingerprint density at radius 2 is 1.84 bits per heavy atom. The number of aryl methyl sites for hydroxylation is 1. The summed E-state index contributed by atoms with van der Waals surface area (Å²) >= 11 is 0. The van der Waals surface area contributed by atoms with Gasteiger partial charge in [0.05, 0.1) is 25.8 Å². The molecule has 1 aromatic heterocycles. The summed E-state index contributed by atoms with van der Waals surface area (Å²) in [6, 6.07) is 15.7. The van der Waals surface area contributed by atoms with Crippen LogP contribution >= 0.6 is 0 Å². The molecule has 7 nitrogen and oxygen atoms in total. The lowest BCUT2D eigenvalue weighted by atomic mass is 9.79. The van der Waals surface area contributed by atoms with Crippen molar-refractivity contribution in [2.24, 2.45) is 11.8 Å². The van der Waals surface area contributed by atoms with Crippen molar-refractivity contribution >= 4 is 16.9 Å². The molecule has 1 saturated heterocycles. The summed E-state index contributed by atoms with van der Waals surface area (Å²) in [5, 5.41) is 21.5. The predicted octanol–water partition coefficient (Wildman–Crippen LogP) is 5.11. The van der Waals surface area contributed by atoms with Gasteiger partial charge in [0, 0.05) is 24.5 Å². The number of carboxylic acids is 1. The fourth-order valence-electron chi connectivity index (χ4n) is 5.59. The number of rotatable bonds is 12. The van der Waals surface area contributed by atoms with Gasteiger partial charge in [0.2, 0.25) is 0 Å². The number of piperidine rings is 1. The molecule has 2 N–H and O–H groups in total. The minimum Gasteiger partial charge on any atom is -0.497 e. The molecular formula is C30H38N2O5. The highest BCUT2D eigenvalue weighted by molar-refractivity contribution is 5.83. The number of nitrogens with zero attached hydrogens (tertiary/aromatic N) is 2. The summed E-state index contributed by atoms with van der Waals surface area (Å²) in [7, 11) is 3.30. The number of likely N-dealkylation sites (tertiary alicyclic amines) is 1. The number of pyridine rings is 1. The van der Waals surface area contributed by atoms with Crippen LogP contribution in [-0.2, 0) is 11.2 Å². The van der Waals surface area contributed by atoms with Gasteiger partial charge in [-0.15, -0.1) is 0 Å². The molecule has 0 unspecified atom stereocenters. The van der Waals surface area contributed by atoms with Crippen molar-refractivity contribution in [1.29, 1.82) is 0 Å². The van der Waals surface area contributed by atoms with Crippen molar-refractivity contribution in [2.45, 2.75) is 44.6 Å². The van der Waals surface area contributed by atoms with Gasteiger partial charge in [0.15, 0.2) is 0 Å². The number of hydrogen-bond donors (Lipinski definition) is 2. The molecule has 2 aromatic carbocycles. The van der Waals surface area contributed by atoms with Crippen LogP contribution in [0.5, 0.6) is 11.5 Å². The van der Waals surface area contributed by atoms with E-state index in [1.165, 1.54) is 5.56 Å². The van der Waals surface area contributed by atoms with Crippen molar-refractivity contribution in [3.8, 4) is 11.5 Å². The normalized spacial score (nSPS) is 19.0. The Labute approximate surface area is 219 Å². The van der Waals surface area contributed by atoms with E-state index in [1.54, 1.807) is 20.4 Å². The topological polar surface area (TPSA) is 92.1 Å². The summed E-state index contributed by atoms with van der Waals surface area (Å²) in [6.07, 6.45) is 5.64. The van der Waals surface area contributed by atoms with Crippen LogP contribution in [0.25, 0.3) is 10.9 Å². The SMILES string of the molecule is COc1ccc(CCCN2CC[C@@H](CC[C@H](O)c3ccnc4ccc(OC)cc34)[C@@H](CC(=O)O)C2)cc1. The maximum Gasteiger partial charge on any atom is 0.303 e. The number of ether oxygens (including phenoxy) is 2. The molecule has 1 fully saturated rings. The fraction of sp³-hybridized carbons (Fsp3) is 0.467. The van der Waals surface area contributed by atoms with E-state index in [2.05, 4.69) is 22.0 Å². The summed E-state index contributed by atoms with van der Waals surface area (Å²) in [5.41, 5.74) is 2.95. The standard InChI is InChI=1S/C30H38N2O5/c1-36-24-8-5-21(6-9-24)4-3-16-32-17-14-22(23(20-32)18-30(34)35)7-12-29(33)26-13-15-31-28-11-10-25(37-2)19-27(26)28/h5-6,8-11,13,15,19,22-23,29,33H,3-4,7,12,14,16-18,20H2,1-2H3,(H,34,35)/t22-,23+,29+/m1/s1. The molecule has 0 saturated carbocycles. The second-order valence-corrected chi connectivity index (χ2v) is 10.0. The average molecular weight is 507 g/mol. The van der Waals surface area contributed by atoms with Gasteiger partial charge in [-0.2, -0.15) is 0 Å². The summed E-state index contributed by atoms with van der Waals surface area (Å²) in [6.45, 7) is 2.72. The van der Waals surface area contributed by atoms with E-state index >= 15 is 0 Å². The third-order valence-corrected chi connectivity index (χ3v) is 7.66. The molecule has 1 aliphatic heterocycles. The lowest BCUT2D eigenvalue weighted by Crippen LogP contribution is -2.42. The lowest BCUT2D eigenvalue weighted by molar-refractivity contribution is -0.139. The Balaban J connectivity index is 1.33. The minimum absolute atomic E-state index is 0.0914. The number of aliphatic carboxylic acids is 1. The Kier molecular flexibility index (Phi) is 9.36. The number of aliphatic hydroxyl groups excluding tert-OH is 1. The highest BCUT2D eigenvalue weighted by Crippen LogP contribution is 2.35. The van der Waals surface area contributed by atoms with Crippen LogP contribution in [0.1, 0.15) is 49.3 Å². The van der Waals surface area contributed by atoms with E-state index in [0.717, 1.165) is 73.3 Å². The molecule has 7 heteroatoms. The van der Waals surface area contributed by atoms with Gasteiger partial charge >= 0.3 is 5.97 Å². The molecule has 0 amide bonds. The maximum absolute atomic E-state index is 11.6. The number of aliphatic hydroxyl groups is 1. The predicted molar refractivity (Wildman–Crippen MR) is 144 cm³/mol. The van der Waals surface area contributed by atoms with Gasteiger partial charge in [0.1, 0.15) is 11.5 Å². The number of methoxy groups -OCH3 is 2. The van der Waals surface area contributed by atoms with Crippen molar-refractivity contribution in [3.63, 3.8) is 0 Å². The van der Waals surface area contributed by atoms with Crippen LogP contribution in [0, 0.1) is 11.8 Å². The van der Waals surface area contributed by atoms with E-state index in [4.69, 9.17) is 9.47 Å². The van der Waals surface area contributed by atoms with Gasteiger partial charge in [-0.25, -0.2) is 0 Å². The Morgan fingerprint density at radius 1 is 1.08 bits per heavy atom. The lowest BCUT2D eigenvalue weighted by Gasteiger charge is -2.38. The summed E-state index contributed by atoms with van der Waals surface area (Å²) < 4.78 is 10.6. The smallest absolute Gasteiger partial charge is 0.303 e. The molecule has 2 heterocycles. The Bertz CT molecular complexity index is 1170. The summed E-state index contributed by atoms with van der Waals surface area (Å²) in [5.74, 6) is 1.22. The molecule has 37 heavy (non-hydrogen) atoms. The van der Waals surface area contributed by atoms with E-state index in [9.17, 15) is 15.0 Å². The second kappa shape index (κ2) is 12.9. The first-order valence-corrected chi connectivity index (χ1v) is 13.1. The van der Waals surface area contributed by atoms with E-state index < -0.39 is 12.1 Å². The zero-order valence-corrected chi connectivity index (χ0v) is 21.8. The largest absolute Gasteiger partial charge is 0.497 e. The number of carboxylic acid groups (broad SMARTS) is 1. The number of fused-ring (bicyclic) bond motifs is 1. The van der Waals surface area contributed by atoms with Gasteiger partial charge in [-0.1, -0.05) is 12.1 Å². The molecule has 1 aliphatic rings. The number of benzene rings is 2. The van der Waals surface area contributed by atoms with Gasteiger partial charge in [-0.3, -0.25) is 9.78 Å². The Morgan fingerprint density at radius 3 is 2.57 bits per heavy atom. The molecule has 0 spiro atoms. The first kappa shape index (κ1) is 26.9. The van der Waals surface area contributed by atoms with Gasteiger partial charge < -0.3 is 24.6 Å². The number of hydrogen-bond acceptors (Lipinski definition) is 6. The molecule has 0 bridgehead atoms. The van der Waals surface area contributed by atoms with E-state index in [1.807, 2.05) is 36.4 Å². The first-order chi connectivity index (χ1) is 18.0. The monoisotopic (exact) mass is 506 g/mol. The summed E-state index contributed by atoms with van der Waals surface area (Å²) in [4.78, 5) is 18.5. The second-order valence-electron chi connectivity index (χ2n) is 10.0. The zero-order chi connectivity index (χ0) is 26.2. The van der Waals surface area contributed by atoms with Crippen molar-refractivity contribution in [3.05, 3.63) is 65.9 Å². The number of aromatic nitrogens is 1. The van der Waals surface area contributed by atoms with Crippen molar-refractivity contribution in [2.75, 3.05) is 33.9 Å². The third kappa shape index (κ3) is 7.21. The van der Waals surface area contributed by atoms with Gasteiger partial charge in [-0.05, 0) is 105 Å². The average Bonchev–Trinajstić information content (AvgIpc) is 2.91. The van der Waals surface area contributed by atoms with E-state index in [0.29, 0.717) is 6.42 Å². The van der Waals surface area contributed by atoms with Crippen molar-refractivity contribution in [1.82, 2.24) is 9.88 Å². The van der Waals surface area contributed by atoms with Crippen molar-refractivity contribution < 1.29 is 24.5 Å². The minimum atomic E-state index is -0.747. The van der Waals surface area contributed by atoms with Crippen LogP contribution in [0.3, 0.4) is 0 Å². The van der Waals surface area contributed by atoms with Crippen LogP contribution in [-0.4, -0.2) is 59.9 Å². The zero-order valence-electron chi connectivity index (χ0n) is 21.8. The first-order valence-electron chi connectivity index (χ1n) is 13.1. The molecule has 0 radical (unpaired) electrons. The third-order valence-electron chi connectivity index (χ3n) is 7.66. The molecule has 0 aliphatic carbocycles.